The van der Waals surface area contributed by atoms with Gasteiger partial charge in [-0.3, -0.25) is 0 Å². The van der Waals surface area contributed by atoms with E-state index in [1.807, 2.05) is 0 Å². The standard InChI is InChI=1S/C15H26N4O/c1-11-7-19(12(2)10-20-3)15(17-11)18-8-13-5-4-6-16-14(13)9-18/h7,12-14,16H,4-6,8-10H2,1-3H3/t12?,13-,14+/m0/s1. The third-order valence-electron chi connectivity index (χ3n) is 4.60. The normalized spacial score (nSPS) is 27.6. The van der Waals surface area contributed by atoms with Gasteiger partial charge in [-0.25, -0.2) is 4.98 Å². The summed E-state index contributed by atoms with van der Waals surface area (Å²) >= 11 is 0. The van der Waals surface area contributed by atoms with E-state index < -0.39 is 0 Å². The van der Waals surface area contributed by atoms with Crippen molar-refractivity contribution in [2.24, 2.45) is 5.92 Å². The summed E-state index contributed by atoms with van der Waals surface area (Å²) in [5, 5.41) is 3.66. The van der Waals surface area contributed by atoms with E-state index in [0.29, 0.717) is 12.1 Å². The van der Waals surface area contributed by atoms with Crippen molar-refractivity contribution in [3.63, 3.8) is 0 Å². The van der Waals surface area contributed by atoms with E-state index in [0.717, 1.165) is 37.3 Å². The molecule has 2 aliphatic rings. The average molecular weight is 278 g/mol. The van der Waals surface area contributed by atoms with Crippen LogP contribution in [0.5, 0.6) is 0 Å². The van der Waals surface area contributed by atoms with Gasteiger partial charge in [0.05, 0.1) is 18.3 Å². The summed E-state index contributed by atoms with van der Waals surface area (Å²) < 4.78 is 7.57. The Balaban J connectivity index is 1.80. The second-order valence-corrected chi connectivity index (χ2v) is 6.26. The van der Waals surface area contributed by atoms with Crippen LogP contribution >= 0.6 is 0 Å². The van der Waals surface area contributed by atoms with Gasteiger partial charge in [0.1, 0.15) is 0 Å². The summed E-state index contributed by atoms with van der Waals surface area (Å²) in [7, 11) is 1.76. The maximum absolute atomic E-state index is 5.30. The van der Waals surface area contributed by atoms with Gasteiger partial charge in [0.2, 0.25) is 5.95 Å². The number of ether oxygens (including phenoxy) is 1. The number of nitrogens with one attached hydrogen (secondary N) is 1. The predicted octanol–water partition coefficient (Wildman–Crippen LogP) is 1.59. The van der Waals surface area contributed by atoms with Crippen LogP contribution in [0.3, 0.4) is 0 Å². The average Bonchev–Trinajstić information content (AvgIpc) is 3.01. The van der Waals surface area contributed by atoms with Crippen LogP contribution in [0.15, 0.2) is 6.20 Å². The van der Waals surface area contributed by atoms with Gasteiger partial charge in [-0.05, 0) is 39.2 Å². The van der Waals surface area contributed by atoms with E-state index in [4.69, 9.17) is 9.72 Å². The molecule has 3 atom stereocenters. The quantitative estimate of drug-likeness (QED) is 0.908. The van der Waals surface area contributed by atoms with Gasteiger partial charge in [-0.2, -0.15) is 0 Å². The molecule has 1 N–H and O–H groups in total. The van der Waals surface area contributed by atoms with E-state index in [1.165, 1.54) is 19.4 Å². The summed E-state index contributed by atoms with van der Waals surface area (Å²) in [4.78, 5) is 7.21. The number of anilines is 1. The molecule has 5 heteroatoms. The maximum atomic E-state index is 5.30. The topological polar surface area (TPSA) is 42.3 Å². The Bertz CT molecular complexity index is 445. The molecular formula is C15H26N4O. The van der Waals surface area contributed by atoms with Crippen LogP contribution in [0.4, 0.5) is 5.95 Å². The number of hydrogen-bond acceptors (Lipinski definition) is 4. The molecule has 0 saturated carbocycles. The largest absolute Gasteiger partial charge is 0.383 e. The molecule has 2 fully saturated rings. The minimum Gasteiger partial charge on any atom is -0.383 e. The second kappa shape index (κ2) is 5.74. The molecule has 0 aromatic carbocycles. The van der Waals surface area contributed by atoms with Crippen molar-refractivity contribution in [1.82, 2.24) is 14.9 Å². The molecule has 20 heavy (non-hydrogen) atoms. The van der Waals surface area contributed by atoms with Crippen LogP contribution in [0.1, 0.15) is 31.5 Å². The van der Waals surface area contributed by atoms with Crippen molar-refractivity contribution in [2.75, 3.05) is 38.3 Å². The molecule has 0 amide bonds. The molecule has 112 valence electrons. The molecule has 1 unspecified atom stereocenters. The molecule has 0 bridgehead atoms. The number of piperidine rings is 1. The lowest BCUT2D eigenvalue weighted by Gasteiger charge is -2.24. The molecule has 1 aromatic heterocycles. The molecule has 3 heterocycles. The first-order valence-electron chi connectivity index (χ1n) is 7.71. The molecule has 2 saturated heterocycles. The predicted molar refractivity (Wildman–Crippen MR) is 80.3 cm³/mol. The van der Waals surface area contributed by atoms with Crippen molar-refractivity contribution < 1.29 is 4.74 Å². The highest BCUT2D eigenvalue weighted by Gasteiger charge is 2.36. The van der Waals surface area contributed by atoms with Crippen LogP contribution in [0, 0.1) is 12.8 Å². The summed E-state index contributed by atoms with van der Waals surface area (Å²) in [6.45, 7) is 8.37. The van der Waals surface area contributed by atoms with Gasteiger partial charge in [0.15, 0.2) is 0 Å². The minimum absolute atomic E-state index is 0.326. The first-order chi connectivity index (χ1) is 9.69. The van der Waals surface area contributed by atoms with Crippen LogP contribution in [0.2, 0.25) is 0 Å². The Morgan fingerprint density at radius 3 is 3.10 bits per heavy atom. The first-order valence-corrected chi connectivity index (χ1v) is 7.71. The van der Waals surface area contributed by atoms with Crippen LogP contribution in [-0.2, 0) is 4.74 Å². The van der Waals surface area contributed by atoms with Gasteiger partial charge >= 0.3 is 0 Å². The SMILES string of the molecule is COCC(C)n1cc(C)nc1N1C[C@@H]2CCCN[C@@H]2C1. The van der Waals surface area contributed by atoms with Crippen LogP contribution in [0.25, 0.3) is 0 Å². The third kappa shape index (κ3) is 2.56. The van der Waals surface area contributed by atoms with E-state index in [9.17, 15) is 0 Å². The summed E-state index contributed by atoms with van der Waals surface area (Å²) in [5.41, 5.74) is 1.09. The van der Waals surface area contributed by atoms with Gasteiger partial charge < -0.3 is 19.5 Å². The zero-order valence-electron chi connectivity index (χ0n) is 12.8. The Morgan fingerprint density at radius 1 is 1.50 bits per heavy atom. The number of methoxy groups -OCH3 is 1. The fourth-order valence-electron chi connectivity index (χ4n) is 3.59. The number of rotatable bonds is 4. The van der Waals surface area contributed by atoms with E-state index in [2.05, 4.69) is 34.8 Å². The zero-order chi connectivity index (χ0) is 14.1. The maximum Gasteiger partial charge on any atom is 0.206 e. The number of aromatic nitrogens is 2. The molecule has 0 spiro atoms. The second-order valence-electron chi connectivity index (χ2n) is 6.26. The van der Waals surface area contributed by atoms with Gasteiger partial charge in [-0.15, -0.1) is 0 Å². The highest BCUT2D eigenvalue weighted by molar-refractivity contribution is 5.37. The van der Waals surface area contributed by atoms with Crippen molar-refractivity contribution in [1.29, 1.82) is 0 Å². The minimum atomic E-state index is 0.326. The molecule has 3 rings (SSSR count). The Morgan fingerprint density at radius 2 is 2.35 bits per heavy atom. The third-order valence-corrected chi connectivity index (χ3v) is 4.60. The first kappa shape index (κ1) is 13.9. The van der Waals surface area contributed by atoms with E-state index in [-0.39, 0.29) is 0 Å². The van der Waals surface area contributed by atoms with Crippen LogP contribution < -0.4 is 10.2 Å². The van der Waals surface area contributed by atoms with Gasteiger partial charge in [0.25, 0.3) is 0 Å². The summed E-state index contributed by atoms with van der Waals surface area (Å²) in [6.07, 6.45) is 4.80. The number of aryl methyl sites for hydroxylation is 1. The Hall–Kier alpha value is -1.07. The number of hydrogen-bond donors (Lipinski definition) is 1. The van der Waals surface area contributed by atoms with Crippen molar-refractivity contribution in [2.45, 2.75) is 38.8 Å². The lowest BCUT2D eigenvalue weighted by Crippen LogP contribution is -2.40. The number of imidazole rings is 1. The van der Waals surface area contributed by atoms with Gasteiger partial charge in [0, 0.05) is 32.4 Å². The lowest BCUT2D eigenvalue weighted by atomic mass is 9.94. The Labute approximate surface area is 121 Å². The highest BCUT2D eigenvalue weighted by atomic mass is 16.5. The molecular weight excluding hydrogens is 252 g/mol. The Kier molecular flexibility index (Phi) is 3.98. The van der Waals surface area contributed by atoms with Crippen molar-refractivity contribution in [3.05, 3.63) is 11.9 Å². The van der Waals surface area contributed by atoms with E-state index in [1.54, 1.807) is 7.11 Å². The fourth-order valence-corrected chi connectivity index (χ4v) is 3.59. The molecule has 1 aromatic rings. The molecule has 5 nitrogen and oxygen atoms in total. The monoisotopic (exact) mass is 278 g/mol. The summed E-state index contributed by atoms with van der Waals surface area (Å²) in [5.74, 6) is 1.90. The zero-order valence-corrected chi connectivity index (χ0v) is 12.8. The molecule has 2 aliphatic heterocycles. The van der Waals surface area contributed by atoms with Gasteiger partial charge in [-0.1, -0.05) is 0 Å². The molecule has 0 radical (unpaired) electrons. The summed E-state index contributed by atoms with van der Waals surface area (Å²) in [6, 6.07) is 0.971. The fraction of sp³-hybridized carbons (Fsp3) is 0.800. The number of fused-ring (bicyclic) bond motifs is 1. The highest BCUT2D eigenvalue weighted by Crippen LogP contribution is 2.30. The number of nitrogens with zero attached hydrogens (tertiary/aromatic N) is 3. The smallest absolute Gasteiger partial charge is 0.206 e. The lowest BCUT2D eigenvalue weighted by molar-refractivity contribution is 0.162. The molecule has 0 aliphatic carbocycles. The van der Waals surface area contributed by atoms with Crippen molar-refractivity contribution in [3.8, 4) is 0 Å². The van der Waals surface area contributed by atoms with E-state index >= 15 is 0 Å². The van der Waals surface area contributed by atoms with Crippen LogP contribution in [-0.4, -0.2) is 48.9 Å². The van der Waals surface area contributed by atoms with Crippen molar-refractivity contribution >= 4 is 5.95 Å².